The highest BCUT2D eigenvalue weighted by atomic mass is 16.4. The van der Waals surface area contributed by atoms with Crippen LogP contribution in [0.4, 0.5) is 0 Å². The molecule has 1 rings (SSSR count). The molecule has 4 nitrogen and oxygen atoms in total. The maximum Gasteiger partial charge on any atom is 0.320 e. The maximum atomic E-state index is 11.2. The molecule has 0 aliphatic heterocycles. The van der Waals surface area contributed by atoms with Gasteiger partial charge >= 0.3 is 5.97 Å². The number of aliphatic carboxylic acids is 1. The fourth-order valence-electron chi connectivity index (χ4n) is 2.70. The second-order valence-corrected chi connectivity index (χ2v) is 5.34. The molecule has 0 bridgehead atoms. The molecule has 0 heterocycles. The number of carboxylic acids is 1. The van der Waals surface area contributed by atoms with Gasteiger partial charge in [0.2, 0.25) is 0 Å². The first-order chi connectivity index (χ1) is 7.98. The van der Waals surface area contributed by atoms with Crippen molar-refractivity contribution in [3.8, 4) is 0 Å². The van der Waals surface area contributed by atoms with Gasteiger partial charge in [0.05, 0.1) is 5.60 Å². The van der Waals surface area contributed by atoms with E-state index in [1.807, 2.05) is 11.9 Å². The van der Waals surface area contributed by atoms with Gasteiger partial charge in [0.15, 0.2) is 0 Å². The Hall–Kier alpha value is -0.610. The number of likely N-dealkylation sites (N-methyl/N-ethyl adjacent to an activating group) is 1. The van der Waals surface area contributed by atoms with Crippen LogP contribution in [0.2, 0.25) is 0 Å². The minimum absolute atomic E-state index is 0.459. The predicted molar refractivity (Wildman–Crippen MR) is 67.0 cm³/mol. The highest BCUT2D eigenvalue weighted by Crippen LogP contribution is 2.30. The first-order valence-electron chi connectivity index (χ1n) is 6.64. The Kier molecular flexibility index (Phi) is 5.40. The molecule has 0 amide bonds. The fraction of sp³-hybridized carbons (Fsp3) is 0.923. The average molecular weight is 243 g/mol. The lowest BCUT2D eigenvalue weighted by molar-refractivity contribution is -0.144. The van der Waals surface area contributed by atoms with Crippen LogP contribution in [0, 0.1) is 0 Å². The third-order valence-corrected chi connectivity index (χ3v) is 3.73. The van der Waals surface area contributed by atoms with E-state index in [9.17, 15) is 15.0 Å². The smallest absolute Gasteiger partial charge is 0.320 e. The van der Waals surface area contributed by atoms with E-state index in [-0.39, 0.29) is 0 Å². The van der Waals surface area contributed by atoms with Crippen molar-refractivity contribution in [3.63, 3.8) is 0 Å². The monoisotopic (exact) mass is 243 g/mol. The molecule has 1 fully saturated rings. The van der Waals surface area contributed by atoms with Gasteiger partial charge in [-0.3, -0.25) is 9.69 Å². The molecule has 1 aliphatic rings. The molecule has 1 atom stereocenters. The topological polar surface area (TPSA) is 60.8 Å². The lowest BCUT2D eigenvalue weighted by Gasteiger charge is -2.32. The summed E-state index contributed by atoms with van der Waals surface area (Å²) >= 11 is 0. The first-order valence-corrected chi connectivity index (χ1v) is 6.64. The van der Waals surface area contributed by atoms with Crippen molar-refractivity contribution >= 4 is 5.97 Å². The summed E-state index contributed by atoms with van der Waals surface area (Å²) in [5.74, 6) is -0.775. The lowest BCUT2D eigenvalue weighted by Crippen LogP contribution is -2.47. The summed E-state index contributed by atoms with van der Waals surface area (Å²) in [7, 11) is 1.81. The number of carbonyl (C=O) groups is 1. The van der Waals surface area contributed by atoms with Crippen molar-refractivity contribution in [2.75, 3.05) is 13.6 Å². The average Bonchev–Trinajstić information content (AvgIpc) is 2.64. The number of rotatable bonds is 7. The van der Waals surface area contributed by atoms with Crippen LogP contribution in [0.15, 0.2) is 0 Å². The molecule has 0 spiro atoms. The summed E-state index contributed by atoms with van der Waals surface area (Å²) in [5.41, 5.74) is -0.658. The Bertz CT molecular complexity index is 249. The zero-order valence-corrected chi connectivity index (χ0v) is 11.0. The maximum absolute atomic E-state index is 11.2. The highest BCUT2D eigenvalue weighted by Gasteiger charge is 2.35. The van der Waals surface area contributed by atoms with Gasteiger partial charge in [0.25, 0.3) is 0 Å². The molecular formula is C13H25NO3. The third-order valence-electron chi connectivity index (χ3n) is 3.73. The van der Waals surface area contributed by atoms with Crippen LogP contribution in [-0.2, 0) is 4.79 Å². The van der Waals surface area contributed by atoms with E-state index in [0.717, 1.165) is 38.5 Å². The van der Waals surface area contributed by atoms with E-state index in [4.69, 9.17) is 0 Å². The summed E-state index contributed by atoms with van der Waals surface area (Å²) in [6, 6.07) is -0.459. The van der Waals surface area contributed by atoms with Gasteiger partial charge in [0, 0.05) is 6.54 Å². The molecule has 1 saturated carbocycles. The fourth-order valence-corrected chi connectivity index (χ4v) is 2.70. The van der Waals surface area contributed by atoms with Gasteiger partial charge in [-0.15, -0.1) is 0 Å². The minimum Gasteiger partial charge on any atom is -0.480 e. The number of hydrogen-bond donors (Lipinski definition) is 2. The van der Waals surface area contributed by atoms with Gasteiger partial charge in [-0.05, 0) is 26.3 Å². The molecule has 2 N–H and O–H groups in total. The summed E-state index contributed by atoms with van der Waals surface area (Å²) in [6.45, 7) is 2.54. The van der Waals surface area contributed by atoms with Crippen molar-refractivity contribution in [1.82, 2.24) is 4.90 Å². The van der Waals surface area contributed by atoms with Crippen LogP contribution < -0.4 is 0 Å². The van der Waals surface area contributed by atoms with E-state index >= 15 is 0 Å². The van der Waals surface area contributed by atoms with Gasteiger partial charge in [0.1, 0.15) is 6.04 Å². The molecule has 0 aromatic heterocycles. The van der Waals surface area contributed by atoms with Crippen LogP contribution in [0.1, 0.15) is 51.9 Å². The quantitative estimate of drug-likeness (QED) is 0.716. The van der Waals surface area contributed by atoms with Crippen molar-refractivity contribution in [2.24, 2.45) is 0 Å². The molecule has 0 aromatic carbocycles. The Labute approximate surface area is 104 Å². The number of nitrogens with zero attached hydrogens (tertiary/aromatic N) is 1. The Morgan fingerprint density at radius 2 is 2.00 bits per heavy atom. The highest BCUT2D eigenvalue weighted by molar-refractivity contribution is 5.73. The van der Waals surface area contributed by atoms with E-state index in [1.165, 1.54) is 0 Å². The zero-order valence-electron chi connectivity index (χ0n) is 11.0. The van der Waals surface area contributed by atoms with Gasteiger partial charge in [-0.1, -0.05) is 32.6 Å². The number of unbranched alkanes of at least 4 members (excludes halogenated alkanes) is 1. The van der Waals surface area contributed by atoms with Gasteiger partial charge < -0.3 is 10.2 Å². The lowest BCUT2D eigenvalue weighted by atomic mass is 10.00. The van der Waals surface area contributed by atoms with Gasteiger partial charge in [-0.25, -0.2) is 0 Å². The molecule has 0 saturated heterocycles. The molecule has 1 aliphatic carbocycles. The van der Waals surface area contributed by atoms with E-state index in [2.05, 4.69) is 6.92 Å². The SMILES string of the molecule is CCCCC(C(=O)O)N(C)CC1(O)CCCC1. The van der Waals surface area contributed by atoms with E-state index in [1.54, 1.807) is 0 Å². The van der Waals surface area contributed by atoms with Crippen molar-refractivity contribution in [1.29, 1.82) is 0 Å². The Morgan fingerprint density at radius 1 is 1.41 bits per heavy atom. The Balaban J connectivity index is 2.52. The predicted octanol–water partition coefficient (Wildman–Crippen LogP) is 1.87. The van der Waals surface area contributed by atoms with Crippen molar-refractivity contribution in [2.45, 2.75) is 63.5 Å². The summed E-state index contributed by atoms with van der Waals surface area (Å²) in [6.07, 6.45) is 6.29. The standard InChI is InChI=1S/C13H25NO3/c1-3-4-7-11(12(15)16)14(2)10-13(17)8-5-6-9-13/h11,17H,3-10H2,1-2H3,(H,15,16). The minimum atomic E-state index is -0.775. The van der Waals surface area contributed by atoms with Crippen LogP contribution in [0.25, 0.3) is 0 Å². The van der Waals surface area contributed by atoms with Crippen LogP contribution in [0.5, 0.6) is 0 Å². The molecule has 1 unspecified atom stereocenters. The van der Waals surface area contributed by atoms with Crippen LogP contribution >= 0.6 is 0 Å². The number of aliphatic hydroxyl groups is 1. The van der Waals surface area contributed by atoms with Crippen LogP contribution in [0.3, 0.4) is 0 Å². The summed E-state index contributed by atoms with van der Waals surface area (Å²) in [5, 5.41) is 19.5. The largest absolute Gasteiger partial charge is 0.480 e. The first kappa shape index (κ1) is 14.5. The second kappa shape index (κ2) is 6.36. The summed E-state index contributed by atoms with van der Waals surface area (Å²) in [4.78, 5) is 13.0. The van der Waals surface area contributed by atoms with Crippen LogP contribution in [-0.4, -0.2) is 46.3 Å². The summed E-state index contributed by atoms with van der Waals surface area (Å²) < 4.78 is 0. The number of carboxylic acid groups (broad SMARTS) is 1. The molecular weight excluding hydrogens is 218 g/mol. The second-order valence-electron chi connectivity index (χ2n) is 5.34. The molecule has 4 heteroatoms. The molecule has 0 radical (unpaired) electrons. The normalized spacial score (nSPS) is 20.7. The van der Waals surface area contributed by atoms with E-state index in [0.29, 0.717) is 13.0 Å². The third kappa shape index (κ3) is 4.28. The molecule has 100 valence electrons. The Morgan fingerprint density at radius 3 is 2.47 bits per heavy atom. The van der Waals surface area contributed by atoms with Gasteiger partial charge in [-0.2, -0.15) is 0 Å². The molecule has 0 aromatic rings. The van der Waals surface area contributed by atoms with E-state index < -0.39 is 17.6 Å². The van der Waals surface area contributed by atoms with Crippen molar-refractivity contribution in [3.05, 3.63) is 0 Å². The van der Waals surface area contributed by atoms with Crippen molar-refractivity contribution < 1.29 is 15.0 Å². The molecule has 17 heavy (non-hydrogen) atoms. The number of hydrogen-bond acceptors (Lipinski definition) is 3. The zero-order chi connectivity index (χ0) is 12.9.